The van der Waals surface area contributed by atoms with E-state index in [0.717, 1.165) is 29.6 Å². The molecule has 8 heteroatoms. The third-order valence-electron chi connectivity index (χ3n) is 5.98. The molecule has 1 N–H and O–H groups in total. The average molecular weight is 454 g/mol. The van der Waals surface area contributed by atoms with Crippen LogP contribution in [0.1, 0.15) is 49.8 Å². The Morgan fingerprint density at radius 2 is 1.94 bits per heavy atom. The van der Waals surface area contributed by atoms with Crippen LogP contribution >= 0.6 is 11.8 Å². The number of rotatable bonds is 9. The van der Waals surface area contributed by atoms with Crippen LogP contribution in [0, 0.1) is 0 Å². The summed E-state index contributed by atoms with van der Waals surface area (Å²) in [5, 5.41) is 12.7. The summed E-state index contributed by atoms with van der Waals surface area (Å²) in [6.07, 6.45) is 7.55. The fraction of sp³-hybridized carbons (Fsp3) is 0.458. The summed E-state index contributed by atoms with van der Waals surface area (Å²) in [4.78, 5) is 14.8. The van der Waals surface area contributed by atoms with Gasteiger partial charge in [0.15, 0.2) is 10.9 Å². The third-order valence-corrected chi connectivity index (χ3v) is 6.92. The van der Waals surface area contributed by atoms with Crippen LogP contribution in [-0.4, -0.2) is 52.0 Å². The van der Waals surface area contributed by atoms with Gasteiger partial charge in [-0.3, -0.25) is 9.36 Å². The molecule has 1 aromatic carbocycles. The lowest BCUT2D eigenvalue weighted by Gasteiger charge is -2.25. The van der Waals surface area contributed by atoms with E-state index >= 15 is 0 Å². The van der Waals surface area contributed by atoms with Gasteiger partial charge >= 0.3 is 0 Å². The Balaban J connectivity index is 1.41. The zero-order valence-electron chi connectivity index (χ0n) is 18.7. The van der Waals surface area contributed by atoms with E-state index in [1.807, 2.05) is 44.4 Å². The number of furan rings is 1. The van der Waals surface area contributed by atoms with Crippen LogP contribution < -0.4 is 5.32 Å². The maximum absolute atomic E-state index is 12.7. The largest absolute Gasteiger partial charge is 0.461 e. The average Bonchev–Trinajstić information content (AvgIpc) is 3.49. The summed E-state index contributed by atoms with van der Waals surface area (Å²) >= 11 is 1.44. The van der Waals surface area contributed by atoms with Crippen LogP contribution in [0.25, 0.3) is 11.6 Å². The van der Waals surface area contributed by atoms with Gasteiger partial charge in [0, 0.05) is 12.6 Å². The van der Waals surface area contributed by atoms with Gasteiger partial charge in [-0.25, -0.2) is 0 Å². The number of amides is 1. The highest BCUT2D eigenvalue weighted by Gasteiger charge is 2.25. The molecule has 0 radical (unpaired) electrons. The van der Waals surface area contributed by atoms with Gasteiger partial charge in [0.25, 0.3) is 0 Å². The van der Waals surface area contributed by atoms with E-state index in [4.69, 9.17) is 4.42 Å². The molecule has 4 rings (SSSR count). The van der Waals surface area contributed by atoms with Crippen molar-refractivity contribution in [3.63, 3.8) is 0 Å². The van der Waals surface area contributed by atoms with Gasteiger partial charge in [-0.05, 0) is 44.6 Å². The number of carbonyl (C=O) groups is 1. The van der Waals surface area contributed by atoms with Crippen LogP contribution in [0.4, 0.5) is 0 Å². The lowest BCUT2D eigenvalue weighted by molar-refractivity contribution is -0.118. The molecule has 0 spiro atoms. The molecule has 0 saturated heterocycles. The van der Waals surface area contributed by atoms with Gasteiger partial charge in [-0.15, -0.1) is 10.2 Å². The second-order valence-corrected chi connectivity index (χ2v) is 9.37. The summed E-state index contributed by atoms with van der Waals surface area (Å²) in [7, 11) is 4.06. The maximum Gasteiger partial charge on any atom is 0.230 e. The first-order valence-electron chi connectivity index (χ1n) is 11.2. The molecule has 2 aromatic heterocycles. The van der Waals surface area contributed by atoms with Crippen LogP contribution in [0.15, 0.2) is 58.3 Å². The van der Waals surface area contributed by atoms with Crippen molar-refractivity contribution in [2.75, 3.05) is 26.4 Å². The fourth-order valence-corrected chi connectivity index (χ4v) is 5.12. The number of benzene rings is 1. The zero-order chi connectivity index (χ0) is 22.3. The Kier molecular flexibility index (Phi) is 7.65. The van der Waals surface area contributed by atoms with Crippen molar-refractivity contribution in [2.24, 2.45) is 0 Å². The highest BCUT2D eigenvalue weighted by Crippen LogP contribution is 2.35. The number of hydrogen-bond donors (Lipinski definition) is 1. The molecule has 170 valence electrons. The van der Waals surface area contributed by atoms with Crippen molar-refractivity contribution >= 4 is 17.7 Å². The van der Waals surface area contributed by atoms with Gasteiger partial charge in [0.05, 0.1) is 18.1 Å². The Labute approximate surface area is 193 Å². The zero-order valence-corrected chi connectivity index (χ0v) is 19.6. The smallest absolute Gasteiger partial charge is 0.230 e. The van der Waals surface area contributed by atoms with Crippen LogP contribution in [-0.2, 0) is 4.79 Å². The molecular formula is C24H31N5O2S. The fourth-order valence-electron chi connectivity index (χ4n) is 4.28. The Bertz CT molecular complexity index is 981. The Hall–Kier alpha value is -2.58. The minimum absolute atomic E-state index is 0.00414. The standard InChI is InChI=1S/C24H31N5O2S/c1-28(2)20(18-10-5-3-6-11-18)16-25-22(30)17-32-24-27-26-23(21-14-9-15-31-21)29(24)19-12-7-4-8-13-19/h3,5-6,9-11,14-15,19-20H,4,7-8,12-13,16-17H2,1-2H3,(H,25,30)/t20-/m1/s1. The van der Waals surface area contributed by atoms with Gasteiger partial charge < -0.3 is 14.6 Å². The second kappa shape index (κ2) is 10.8. The van der Waals surface area contributed by atoms with Gasteiger partial charge in [0.2, 0.25) is 11.7 Å². The third kappa shape index (κ3) is 5.42. The molecule has 1 aliphatic carbocycles. The normalized spacial score (nSPS) is 15.7. The SMILES string of the molecule is CN(C)[C@H](CNC(=O)CSc1nnc(-c2ccco2)n1C1CCCCC1)c1ccccc1. The molecule has 7 nitrogen and oxygen atoms in total. The summed E-state index contributed by atoms with van der Waals surface area (Å²) in [5.74, 6) is 1.77. The summed E-state index contributed by atoms with van der Waals surface area (Å²) in [6, 6.07) is 14.5. The Morgan fingerprint density at radius 1 is 1.16 bits per heavy atom. The predicted octanol–water partition coefficient (Wildman–Crippen LogP) is 4.55. The molecule has 32 heavy (non-hydrogen) atoms. The number of nitrogens with one attached hydrogen (secondary N) is 1. The molecule has 1 atom stereocenters. The highest BCUT2D eigenvalue weighted by atomic mass is 32.2. The topological polar surface area (TPSA) is 76.2 Å². The lowest BCUT2D eigenvalue weighted by Crippen LogP contribution is -2.35. The first kappa shape index (κ1) is 22.6. The quantitative estimate of drug-likeness (QED) is 0.479. The van der Waals surface area contributed by atoms with E-state index in [9.17, 15) is 4.79 Å². The van der Waals surface area contributed by atoms with Crippen molar-refractivity contribution in [3.05, 3.63) is 54.3 Å². The second-order valence-electron chi connectivity index (χ2n) is 8.43. The van der Waals surface area contributed by atoms with E-state index < -0.39 is 0 Å². The molecule has 1 amide bonds. The van der Waals surface area contributed by atoms with E-state index in [0.29, 0.717) is 18.3 Å². The van der Waals surface area contributed by atoms with Crippen molar-refractivity contribution < 1.29 is 9.21 Å². The van der Waals surface area contributed by atoms with E-state index in [1.54, 1.807) is 6.26 Å². The molecule has 0 unspecified atom stereocenters. The highest BCUT2D eigenvalue weighted by molar-refractivity contribution is 7.99. The monoisotopic (exact) mass is 453 g/mol. The summed E-state index contributed by atoms with van der Waals surface area (Å²) in [5.41, 5.74) is 1.19. The molecule has 3 aromatic rings. The number of carbonyl (C=O) groups excluding carboxylic acids is 1. The molecule has 1 saturated carbocycles. The molecule has 1 aliphatic rings. The molecule has 0 aliphatic heterocycles. The number of thioether (sulfide) groups is 1. The Morgan fingerprint density at radius 3 is 2.62 bits per heavy atom. The lowest BCUT2D eigenvalue weighted by atomic mass is 9.95. The number of nitrogens with zero attached hydrogens (tertiary/aromatic N) is 4. The molecule has 1 fully saturated rings. The maximum atomic E-state index is 12.7. The first-order valence-corrected chi connectivity index (χ1v) is 12.2. The summed E-state index contributed by atoms with van der Waals surface area (Å²) < 4.78 is 7.79. The van der Waals surface area contributed by atoms with Crippen LogP contribution in [0.3, 0.4) is 0 Å². The van der Waals surface area contributed by atoms with Crippen molar-refractivity contribution in [3.8, 4) is 11.6 Å². The molecule has 0 bridgehead atoms. The summed E-state index contributed by atoms with van der Waals surface area (Å²) in [6.45, 7) is 0.559. The van der Waals surface area contributed by atoms with E-state index in [2.05, 4.69) is 37.1 Å². The van der Waals surface area contributed by atoms with Gasteiger partial charge in [-0.2, -0.15) is 0 Å². The van der Waals surface area contributed by atoms with Gasteiger partial charge in [0.1, 0.15) is 0 Å². The number of aromatic nitrogens is 3. The molecule has 2 heterocycles. The minimum atomic E-state index is -0.00414. The van der Waals surface area contributed by atoms with Gasteiger partial charge in [-0.1, -0.05) is 61.4 Å². The first-order chi connectivity index (χ1) is 15.6. The van der Waals surface area contributed by atoms with Crippen molar-refractivity contribution in [2.45, 2.75) is 49.3 Å². The minimum Gasteiger partial charge on any atom is -0.461 e. The van der Waals surface area contributed by atoms with Crippen LogP contribution in [0.5, 0.6) is 0 Å². The van der Waals surface area contributed by atoms with Crippen LogP contribution in [0.2, 0.25) is 0 Å². The number of hydrogen-bond acceptors (Lipinski definition) is 6. The number of likely N-dealkylation sites (N-methyl/N-ethyl adjacent to an activating group) is 1. The van der Waals surface area contributed by atoms with Crippen molar-refractivity contribution in [1.29, 1.82) is 0 Å². The van der Waals surface area contributed by atoms with Crippen molar-refractivity contribution in [1.82, 2.24) is 25.0 Å². The van der Waals surface area contributed by atoms with E-state index in [-0.39, 0.29) is 11.9 Å². The predicted molar refractivity (Wildman–Crippen MR) is 126 cm³/mol. The van der Waals surface area contributed by atoms with E-state index in [1.165, 1.54) is 36.6 Å². The molecular weight excluding hydrogens is 422 g/mol.